The average Bonchev–Trinajstić information content (AvgIpc) is 2.77. The number of aliphatic hydroxyl groups excluding tert-OH is 2. The molecule has 1 unspecified atom stereocenters. The molecule has 2 N–H and O–H groups in total. The number of nitrogens with zero attached hydrogens (tertiary/aromatic N) is 3. The summed E-state index contributed by atoms with van der Waals surface area (Å²) in [6.07, 6.45) is 6.02. The van der Waals surface area contributed by atoms with E-state index in [0.717, 1.165) is 10.0 Å². The van der Waals surface area contributed by atoms with E-state index in [1.165, 1.54) is 0 Å². The highest BCUT2D eigenvalue weighted by atomic mass is 79.9. The molecule has 2 heterocycles. The number of aromatic nitrogens is 3. The molecule has 5 nitrogen and oxygen atoms in total. The van der Waals surface area contributed by atoms with Crippen LogP contribution in [0.4, 0.5) is 0 Å². The Balaban J connectivity index is 2.30. The molecule has 2 aromatic heterocycles. The highest BCUT2D eigenvalue weighted by molar-refractivity contribution is 9.10. The molecule has 0 saturated carbocycles. The Kier molecular flexibility index (Phi) is 3.88. The largest absolute Gasteiger partial charge is 0.394 e. The van der Waals surface area contributed by atoms with Crippen LogP contribution >= 0.6 is 15.9 Å². The van der Waals surface area contributed by atoms with Gasteiger partial charge < -0.3 is 14.8 Å². The van der Waals surface area contributed by atoms with Gasteiger partial charge in [-0.2, -0.15) is 0 Å². The lowest BCUT2D eigenvalue weighted by atomic mass is 10.2. The topological polar surface area (TPSA) is 71.2 Å². The van der Waals surface area contributed by atoms with E-state index in [9.17, 15) is 5.11 Å². The SMILES string of the molecule is OCC(O)Cn1ccnc1-c1cncc(Br)c1. The van der Waals surface area contributed by atoms with Crippen molar-refractivity contribution in [2.24, 2.45) is 0 Å². The van der Waals surface area contributed by atoms with Crippen molar-refractivity contribution in [2.75, 3.05) is 6.61 Å². The van der Waals surface area contributed by atoms with E-state index in [4.69, 9.17) is 5.11 Å². The normalized spacial score (nSPS) is 12.6. The summed E-state index contributed by atoms with van der Waals surface area (Å²) in [6.45, 7) is 0.0344. The van der Waals surface area contributed by atoms with Gasteiger partial charge in [0.2, 0.25) is 0 Å². The van der Waals surface area contributed by atoms with Gasteiger partial charge in [0.25, 0.3) is 0 Å². The first-order valence-corrected chi connectivity index (χ1v) is 5.91. The van der Waals surface area contributed by atoms with Crippen molar-refractivity contribution in [2.45, 2.75) is 12.6 Å². The van der Waals surface area contributed by atoms with Gasteiger partial charge in [-0.3, -0.25) is 4.98 Å². The summed E-state index contributed by atoms with van der Waals surface area (Å²) in [7, 11) is 0. The summed E-state index contributed by atoms with van der Waals surface area (Å²) in [5, 5.41) is 18.3. The smallest absolute Gasteiger partial charge is 0.141 e. The van der Waals surface area contributed by atoms with Crippen molar-refractivity contribution in [3.05, 3.63) is 35.3 Å². The molecular formula is C11H12BrN3O2. The summed E-state index contributed by atoms with van der Waals surface area (Å²) in [5.74, 6) is 0.714. The van der Waals surface area contributed by atoms with E-state index >= 15 is 0 Å². The summed E-state index contributed by atoms with van der Waals surface area (Å²) >= 11 is 3.35. The van der Waals surface area contributed by atoms with Crippen LogP contribution in [-0.4, -0.2) is 37.5 Å². The number of imidazole rings is 1. The fourth-order valence-corrected chi connectivity index (χ4v) is 1.90. The van der Waals surface area contributed by atoms with E-state index in [1.807, 2.05) is 6.07 Å². The number of hydrogen-bond donors (Lipinski definition) is 2. The molecule has 6 heteroatoms. The molecule has 0 radical (unpaired) electrons. The lowest BCUT2D eigenvalue weighted by molar-refractivity contribution is 0.0816. The summed E-state index contributed by atoms with van der Waals surface area (Å²) in [4.78, 5) is 8.29. The third kappa shape index (κ3) is 2.91. The maximum Gasteiger partial charge on any atom is 0.141 e. The summed E-state index contributed by atoms with van der Waals surface area (Å²) in [6, 6.07) is 1.90. The van der Waals surface area contributed by atoms with Gasteiger partial charge in [0, 0.05) is 34.8 Å². The Morgan fingerprint density at radius 3 is 2.94 bits per heavy atom. The third-order valence-electron chi connectivity index (χ3n) is 2.30. The van der Waals surface area contributed by atoms with E-state index in [0.29, 0.717) is 12.4 Å². The van der Waals surface area contributed by atoms with Crippen molar-refractivity contribution in [3.63, 3.8) is 0 Å². The first-order chi connectivity index (χ1) is 8.20. The predicted molar refractivity (Wildman–Crippen MR) is 66.3 cm³/mol. The van der Waals surface area contributed by atoms with Crippen LogP contribution < -0.4 is 0 Å². The number of aliphatic hydroxyl groups is 2. The average molecular weight is 298 g/mol. The van der Waals surface area contributed by atoms with Crippen LogP contribution in [0.2, 0.25) is 0 Å². The van der Waals surface area contributed by atoms with Gasteiger partial charge in [0.1, 0.15) is 5.82 Å². The minimum Gasteiger partial charge on any atom is -0.394 e. The van der Waals surface area contributed by atoms with Crippen LogP contribution in [0.15, 0.2) is 35.3 Å². The molecule has 1 atom stereocenters. The van der Waals surface area contributed by atoms with E-state index in [-0.39, 0.29) is 6.61 Å². The lowest BCUT2D eigenvalue weighted by Crippen LogP contribution is -2.19. The summed E-state index contributed by atoms with van der Waals surface area (Å²) < 4.78 is 2.65. The second-order valence-corrected chi connectivity index (χ2v) is 4.55. The number of halogens is 1. The maximum absolute atomic E-state index is 9.43. The summed E-state index contributed by atoms with van der Waals surface area (Å²) in [5.41, 5.74) is 0.856. The highest BCUT2D eigenvalue weighted by Gasteiger charge is 2.10. The van der Waals surface area contributed by atoms with Crippen molar-refractivity contribution in [1.29, 1.82) is 0 Å². The molecule has 0 bridgehead atoms. The van der Waals surface area contributed by atoms with Gasteiger partial charge in [-0.05, 0) is 22.0 Å². The zero-order valence-corrected chi connectivity index (χ0v) is 10.6. The molecule has 17 heavy (non-hydrogen) atoms. The number of pyridine rings is 1. The highest BCUT2D eigenvalue weighted by Crippen LogP contribution is 2.20. The second-order valence-electron chi connectivity index (χ2n) is 3.63. The zero-order chi connectivity index (χ0) is 12.3. The molecule has 0 aliphatic carbocycles. The lowest BCUT2D eigenvalue weighted by Gasteiger charge is -2.11. The van der Waals surface area contributed by atoms with E-state index < -0.39 is 6.10 Å². The van der Waals surface area contributed by atoms with Gasteiger partial charge in [0.05, 0.1) is 19.3 Å². The number of hydrogen-bond acceptors (Lipinski definition) is 4. The first kappa shape index (κ1) is 12.2. The fourth-order valence-electron chi connectivity index (χ4n) is 1.54. The van der Waals surface area contributed by atoms with Crippen LogP contribution in [0.25, 0.3) is 11.4 Å². The van der Waals surface area contributed by atoms with Gasteiger partial charge in [0.15, 0.2) is 0 Å². The van der Waals surface area contributed by atoms with Gasteiger partial charge in [-0.15, -0.1) is 0 Å². The van der Waals surface area contributed by atoms with Crippen molar-refractivity contribution < 1.29 is 10.2 Å². The first-order valence-electron chi connectivity index (χ1n) is 5.11. The predicted octanol–water partition coefficient (Wildman–Crippen LogP) is 1.06. The second kappa shape index (κ2) is 5.39. The molecule has 0 fully saturated rings. The zero-order valence-electron chi connectivity index (χ0n) is 8.99. The van der Waals surface area contributed by atoms with Crippen molar-refractivity contribution >= 4 is 15.9 Å². The van der Waals surface area contributed by atoms with Crippen molar-refractivity contribution in [1.82, 2.24) is 14.5 Å². The Labute approximate surface area is 107 Å². The Bertz CT molecular complexity index is 501. The molecule has 0 spiro atoms. The minimum absolute atomic E-state index is 0.269. The Hall–Kier alpha value is -1.24. The van der Waals surface area contributed by atoms with Crippen molar-refractivity contribution in [3.8, 4) is 11.4 Å². The standard InChI is InChI=1S/C11H12BrN3O2/c12-9-3-8(4-13-5-9)11-14-1-2-15(11)6-10(17)7-16/h1-5,10,16-17H,6-7H2. The van der Waals surface area contributed by atoms with Gasteiger partial charge >= 0.3 is 0 Å². The molecule has 2 rings (SSSR count). The molecule has 0 aromatic carbocycles. The fraction of sp³-hybridized carbons (Fsp3) is 0.273. The Morgan fingerprint density at radius 2 is 2.24 bits per heavy atom. The third-order valence-corrected chi connectivity index (χ3v) is 2.73. The maximum atomic E-state index is 9.43. The number of rotatable bonds is 4. The monoisotopic (exact) mass is 297 g/mol. The quantitative estimate of drug-likeness (QED) is 0.885. The van der Waals surface area contributed by atoms with Crippen LogP contribution in [-0.2, 0) is 6.54 Å². The molecule has 2 aromatic rings. The minimum atomic E-state index is -0.789. The van der Waals surface area contributed by atoms with Gasteiger partial charge in [-0.1, -0.05) is 0 Å². The van der Waals surface area contributed by atoms with E-state index in [2.05, 4.69) is 25.9 Å². The molecule has 0 aliphatic heterocycles. The van der Waals surface area contributed by atoms with Crippen LogP contribution in [0.3, 0.4) is 0 Å². The van der Waals surface area contributed by atoms with Gasteiger partial charge in [-0.25, -0.2) is 4.98 Å². The van der Waals surface area contributed by atoms with Crippen LogP contribution in [0, 0.1) is 0 Å². The molecule has 0 amide bonds. The van der Waals surface area contributed by atoms with Crippen LogP contribution in [0.5, 0.6) is 0 Å². The van der Waals surface area contributed by atoms with E-state index in [1.54, 1.807) is 29.4 Å². The molecule has 0 saturated heterocycles. The molecule has 0 aliphatic rings. The molecule has 90 valence electrons. The Morgan fingerprint density at radius 1 is 1.41 bits per heavy atom. The van der Waals surface area contributed by atoms with Crippen LogP contribution in [0.1, 0.15) is 0 Å². The molecular weight excluding hydrogens is 286 g/mol.